The summed E-state index contributed by atoms with van der Waals surface area (Å²) >= 11 is 7.43. The number of aromatic amines is 1. The van der Waals surface area contributed by atoms with Crippen LogP contribution in [0, 0.1) is 0 Å². The van der Waals surface area contributed by atoms with Crippen LogP contribution in [0.1, 0.15) is 0 Å². The number of carbonyl (C=O) groups excluding carboxylic acids is 1. The zero-order valence-corrected chi connectivity index (χ0v) is 18.3. The minimum atomic E-state index is -0.314. The van der Waals surface area contributed by atoms with Gasteiger partial charge in [0.2, 0.25) is 5.91 Å². The van der Waals surface area contributed by atoms with Crippen molar-refractivity contribution in [2.24, 2.45) is 0 Å². The lowest BCUT2D eigenvalue weighted by Crippen LogP contribution is -2.28. The number of nitrogens with one attached hydrogen (secondary N) is 1. The molecule has 0 fully saturated rings. The van der Waals surface area contributed by atoms with Gasteiger partial charge in [-0.25, -0.2) is 4.98 Å². The molecule has 31 heavy (non-hydrogen) atoms. The number of carbonyl (C=O) groups is 1. The molecule has 2 heterocycles. The van der Waals surface area contributed by atoms with Crippen molar-refractivity contribution in [1.29, 1.82) is 0 Å². The van der Waals surface area contributed by atoms with E-state index in [1.165, 1.54) is 17.9 Å². The Balaban J connectivity index is 1.70. The number of para-hydroxylation sites is 1. The molecule has 158 valence electrons. The second-order valence-corrected chi connectivity index (χ2v) is 7.91. The Kier molecular flexibility index (Phi) is 5.97. The number of thioether (sulfide) groups is 1. The zero-order valence-electron chi connectivity index (χ0n) is 16.7. The molecule has 2 aromatic carbocycles. The Hall–Kier alpha value is -3.30. The van der Waals surface area contributed by atoms with E-state index in [1.54, 1.807) is 30.1 Å². The number of nitrogens with zero attached hydrogens (tertiary/aromatic N) is 4. The van der Waals surface area contributed by atoms with Crippen LogP contribution in [0.2, 0.25) is 5.02 Å². The predicted octanol–water partition coefficient (Wildman–Crippen LogP) is 3.53. The number of amides is 1. The molecular formula is C21H18ClN5O3S. The lowest BCUT2D eigenvalue weighted by molar-refractivity contribution is -0.115. The number of hydrogen-bond acceptors (Lipinski definition) is 6. The van der Waals surface area contributed by atoms with Gasteiger partial charge in [-0.15, -0.1) is 0 Å². The molecule has 10 heteroatoms. The van der Waals surface area contributed by atoms with Crippen molar-refractivity contribution in [2.45, 2.75) is 5.16 Å². The fourth-order valence-corrected chi connectivity index (χ4v) is 4.18. The topological polar surface area (TPSA) is 93.1 Å². The van der Waals surface area contributed by atoms with Gasteiger partial charge < -0.3 is 9.64 Å². The predicted molar refractivity (Wildman–Crippen MR) is 122 cm³/mol. The highest BCUT2D eigenvalue weighted by atomic mass is 35.5. The van der Waals surface area contributed by atoms with Gasteiger partial charge in [-0.2, -0.15) is 5.10 Å². The maximum atomic E-state index is 13.2. The number of ether oxygens (including phenoxy) is 1. The summed E-state index contributed by atoms with van der Waals surface area (Å²) in [6.07, 6.45) is 1.43. The van der Waals surface area contributed by atoms with Crippen molar-refractivity contribution in [1.82, 2.24) is 19.7 Å². The first kappa shape index (κ1) is 21.0. The summed E-state index contributed by atoms with van der Waals surface area (Å²) in [5.74, 6) is 0.445. The van der Waals surface area contributed by atoms with E-state index in [2.05, 4.69) is 15.2 Å². The van der Waals surface area contributed by atoms with Crippen molar-refractivity contribution in [3.05, 3.63) is 70.1 Å². The number of aromatic nitrogens is 4. The van der Waals surface area contributed by atoms with E-state index in [4.69, 9.17) is 16.3 Å². The van der Waals surface area contributed by atoms with Crippen LogP contribution >= 0.6 is 23.4 Å². The summed E-state index contributed by atoms with van der Waals surface area (Å²) in [6.45, 7) is 0. The van der Waals surface area contributed by atoms with Gasteiger partial charge >= 0.3 is 0 Å². The van der Waals surface area contributed by atoms with E-state index >= 15 is 0 Å². The SMILES string of the molecule is COc1ccc(-n2c(SCC(=O)N(C)c3ccccc3)nc3[nH]ncc3c2=O)cc1Cl. The van der Waals surface area contributed by atoms with Gasteiger partial charge in [0.05, 0.1) is 29.8 Å². The molecule has 0 spiro atoms. The highest BCUT2D eigenvalue weighted by molar-refractivity contribution is 7.99. The lowest BCUT2D eigenvalue weighted by atomic mass is 10.3. The number of fused-ring (bicyclic) bond motifs is 1. The molecule has 4 rings (SSSR count). The van der Waals surface area contributed by atoms with E-state index < -0.39 is 0 Å². The minimum Gasteiger partial charge on any atom is -0.495 e. The van der Waals surface area contributed by atoms with E-state index in [0.29, 0.717) is 32.6 Å². The van der Waals surface area contributed by atoms with Crippen LogP contribution in [0.4, 0.5) is 5.69 Å². The van der Waals surface area contributed by atoms with Crippen molar-refractivity contribution >= 4 is 46.0 Å². The molecule has 1 amide bonds. The summed E-state index contributed by atoms with van der Waals surface area (Å²) in [5, 5.41) is 7.67. The van der Waals surface area contributed by atoms with E-state index in [-0.39, 0.29) is 17.2 Å². The first-order valence-electron chi connectivity index (χ1n) is 9.24. The zero-order chi connectivity index (χ0) is 22.0. The monoisotopic (exact) mass is 455 g/mol. The quantitative estimate of drug-likeness (QED) is 0.353. The largest absolute Gasteiger partial charge is 0.495 e. The Morgan fingerprint density at radius 1 is 1.26 bits per heavy atom. The van der Waals surface area contributed by atoms with Crippen molar-refractivity contribution < 1.29 is 9.53 Å². The van der Waals surface area contributed by atoms with Gasteiger partial charge in [0.1, 0.15) is 11.1 Å². The maximum Gasteiger partial charge on any atom is 0.269 e. The molecule has 0 aliphatic heterocycles. The molecule has 0 unspecified atom stereocenters. The Bertz CT molecular complexity index is 1310. The average molecular weight is 456 g/mol. The number of hydrogen-bond donors (Lipinski definition) is 1. The summed E-state index contributed by atoms with van der Waals surface area (Å²) in [4.78, 5) is 32.0. The summed E-state index contributed by atoms with van der Waals surface area (Å²) < 4.78 is 6.62. The molecule has 0 atom stereocenters. The fraction of sp³-hybridized carbons (Fsp3) is 0.143. The fourth-order valence-electron chi connectivity index (χ4n) is 3.01. The number of H-pyrrole nitrogens is 1. The molecule has 4 aromatic rings. The standard InChI is InChI=1S/C21H18ClN5O3S/c1-26(13-6-4-3-5-7-13)18(28)12-31-21-24-19-15(11-23-25-19)20(29)27(21)14-8-9-17(30-2)16(22)10-14/h3-11H,12H2,1-2H3,(H,23,25). The summed E-state index contributed by atoms with van der Waals surface area (Å²) in [5.41, 5.74) is 1.33. The Morgan fingerprint density at radius 3 is 2.74 bits per heavy atom. The molecule has 0 aliphatic carbocycles. The van der Waals surface area contributed by atoms with E-state index in [0.717, 1.165) is 17.4 Å². The number of methoxy groups -OCH3 is 1. The molecule has 0 saturated heterocycles. The average Bonchev–Trinajstić information content (AvgIpc) is 3.26. The molecule has 0 radical (unpaired) electrons. The third-order valence-electron chi connectivity index (χ3n) is 4.69. The van der Waals surface area contributed by atoms with Gasteiger partial charge in [0.25, 0.3) is 5.56 Å². The Labute approximate surface area is 186 Å². The summed E-state index contributed by atoms with van der Waals surface area (Å²) in [6, 6.07) is 14.3. The number of anilines is 1. The van der Waals surface area contributed by atoms with Crippen LogP contribution in [-0.2, 0) is 4.79 Å². The van der Waals surface area contributed by atoms with Gasteiger partial charge in [-0.05, 0) is 30.3 Å². The second kappa shape index (κ2) is 8.83. The van der Waals surface area contributed by atoms with Crippen LogP contribution in [0.25, 0.3) is 16.7 Å². The molecule has 0 aliphatic rings. The van der Waals surface area contributed by atoms with Gasteiger partial charge in [0, 0.05) is 12.7 Å². The normalized spacial score (nSPS) is 10.9. The number of halogens is 1. The number of rotatable bonds is 6. The van der Waals surface area contributed by atoms with Crippen molar-refractivity contribution in [3.63, 3.8) is 0 Å². The molecule has 2 aromatic heterocycles. The van der Waals surface area contributed by atoms with Crippen LogP contribution < -0.4 is 15.2 Å². The number of benzene rings is 2. The van der Waals surface area contributed by atoms with Crippen molar-refractivity contribution in [3.8, 4) is 11.4 Å². The molecule has 0 saturated carbocycles. The van der Waals surface area contributed by atoms with E-state index in [9.17, 15) is 9.59 Å². The Morgan fingerprint density at radius 2 is 2.03 bits per heavy atom. The second-order valence-electron chi connectivity index (χ2n) is 6.56. The third kappa shape index (κ3) is 4.14. The first-order valence-corrected chi connectivity index (χ1v) is 10.6. The van der Waals surface area contributed by atoms with Gasteiger partial charge in [-0.1, -0.05) is 41.6 Å². The highest BCUT2D eigenvalue weighted by Crippen LogP contribution is 2.28. The molecule has 8 nitrogen and oxygen atoms in total. The lowest BCUT2D eigenvalue weighted by Gasteiger charge is -2.18. The van der Waals surface area contributed by atoms with Gasteiger partial charge in [0.15, 0.2) is 10.8 Å². The van der Waals surface area contributed by atoms with Crippen LogP contribution in [0.5, 0.6) is 5.75 Å². The van der Waals surface area contributed by atoms with Gasteiger partial charge in [-0.3, -0.25) is 19.3 Å². The van der Waals surface area contributed by atoms with E-state index in [1.807, 2.05) is 30.3 Å². The highest BCUT2D eigenvalue weighted by Gasteiger charge is 2.18. The smallest absolute Gasteiger partial charge is 0.269 e. The minimum absolute atomic E-state index is 0.0847. The molecule has 0 bridgehead atoms. The molecule has 1 N–H and O–H groups in total. The summed E-state index contributed by atoms with van der Waals surface area (Å²) in [7, 11) is 3.22. The van der Waals surface area contributed by atoms with Crippen LogP contribution in [0.15, 0.2) is 64.7 Å². The maximum absolute atomic E-state index is 13.2. The van der Waals surface area contributed by atoms with Crippen LogP contribution in [-0.4, -0.2) is 45.6 Å². The first-order chi connectivity index (χ1) is 15.0. The van der Waals surface area contributed by atoms with Crippen LogP contribution in [0.3, 0.4) is 0 Å². The molecular weight excluding hydrogens is 438 g/mol. The third-order valence-corrected chi connectivity index (χ3v) is 5.91. The van der Waals surface area contributed by atoms with Crippen molar-refractivity contribution in [2.75, 3.05) is 24.8 Å².